The van der Waals surface area contributed by atoms with E-state index in [-0.39, 0.29) is 5.75 Å². The van der Waals surface area contributed by atoms with Gasteiger partial charge in [-0.3, -0.25) is 0 Å². The molecule has 0 spiro atoms. The van der Waals surface area contributed by atoms with Gasteiger partial charge in [0.15, 0.2) is 12.0 Å². The molecule has 2 aromatic rings. The smallest absolute Gasteiger partial charge is 0.410 e. The lowest BCUT2D eigenvalue weighted by molar-refractivity contribution is 0.0640. The van der Waals surface area contributed by atoms with Crippen molar-refractivity contribution < 1.29 is 14.3 Å². The number of unbranched alkanes of at least 4 members (excludes halogenated alkanes) is 1. The maximum atomic E-state index is 12.1. The first-order chi connectivity index (χ1) is 12.0. The summed E-state index contributed by atoms with van der Waals surface area (Å²) in [5.41, 5.74) is 0.983. The zero-order valence-electron chi connectivity index (χ0n) is 14.2. The van der Waals surface area contributed by atoms with Crippen molar-refractivity contribution in [3.05, 3.63) is 58.6 Å². The third-order valence-electron chi connectivity index (χ3n) is 3.63. The first kappa shape index (κ1) is 19.4. The van der Waals surface area contributed by atoms with Gasteiger partial charge in [-0.2, -0.15) is 0 Å². The van der Waals surface area contributed by atoms with Gasteiger partial charge >= 0.3 is 6.16 Å². The van der Waals surface area contributed by atoms with E-state index < -0.39 is 12.4 Å². The van der Waals surface area contributed by atoms with Gasteiger partial charge in [-0.1, -0.05) is 54.7 Å². The summed E-state index contributed by atoms with van der Waals surface area (Å²) in [6.45, 7) is 4.69. The maximum Gasteiger partial charge on any atom is 0.515 e. The van der Waals surface area contributed by atoms with E-state index in [0.717, 1.165) is 25.1 Å². The minimum absolute atomic E-state index is 0.172. The zero-order valence-corrected chi connectivity index (χ0v) is 15.8. The summed E-state index contributed by atoms with van der Waals surface area (Å²) in [5.74, 6) is 0.172. The molecule has 6 heteroatoms. The van der Waals surface area contributed by atoms with Crippen LogP contribution >= 0.6 is 23.2 Å². The van der Waals surface area contributed by atoms with Crippen LogP contribution in [0.1, 0.15) is 26.7 Å². The van der Waals surface area contributed by atoms with E-state index in [9.17, 15) is 4.79 Å². The molecule has 0 fully saturated rings. The molecule has 0 N–H and O–H groups in total. The molecule has 0 heterocycles. The quantitative estimate of drug-likeness (QED) is 0.327. The van der Waals surface area contributed by atoms with Crippen molar-refractivity contribution in [1.82, 2.24) is 0 Å². The molecule has 0 saturated heterocycles. The zero-order chi connectivity index (χ0) is 18.2. The third kappa shape index (κ3) is 5.83. The molecule has 0 bridgehead atoms. The molecular formula is C19H21Cl2NO3. The highest BCUT2D eigenvalue weighted by molar-refractivity contribution is 6.34. The lowest BCUT2D eigenvalue weighted by Gasteiger charge is -2.30. The molecule has 2 rings (SSSR count). The summed E-state index contributed by atoms with van der Waals surface area (Å²) in [5, 5.41) is 0.717. The fourth-order valence-corrected chi connectivity index (χ4v) is 2.66. The summed E-state index contributed by atoms with van der Waals surface area (Å²) in [6, 6.07) is 14.5. The number of para-hydroxylation sites is 1. The number of hydrogen-bond donors (Lipinski definition) is 0. The Bertz CT molecular complexity index is 694. The van der Waals surface area contributed by atoms with Crippen LogP contribution in [0.2, 0.25) is 10.0 Å². The minimum Gasteiger partial charge on any atom is -0.410 e. The summed E-state index contributed by atoms with van der Waals surface area (Å²) >= 11 is 11.9. The SMILES string of the molecule is CCCCN(c1ccccc1)C(C)OC(=O)Oc1cc(Cl)ccc1Cl. The first-order valence-electron chi connectivity index (χ1n) is 8.16. The predicted octanol–water partition coefficient (Wildman–Crippen LogP) is 6.16. The standard InChI is InChI=1S/C19H21Cl2NO3/c1-3-4-12-22(16-8-6-5-7-9-16)14(2)24-19(23)25-18-13-15(20)10-11-17(18)21/h5-11,13-14H,3-4,12H2,1-2H3. The second-order valence-corrected chi connectivity index (χ2v) is 6.37. The number of hydrogen-bond acceptors (Lipinski definition) is 4. The molecule has 25 heavy (non-hydrogen) atoms. The van der Waals surface area contributed by atoms with E-state index in [1.54, 1.807) is 12.1 Å². The molecule has 0 amide bonds. The monoisotopic (exact) mass is 381 g/mol. The Labute approximate surface area is 158 Å². The van der Waals surface area contributed by atoms with E-state index >= 15 is 0 Å². The number of carbonyl (C=O) groups is 1. The van der Waals surface area contributed by atoms with Crippen molar-refractivity contribution in [2.24, 2.45) is 0 Å². The van der Waals surface area contributed by atoms with Crippen LogP contribution in [0.3, 0.4) is 0 Å². The maximum absolute atomic E-state index is 12.1. The highest BCUT2D eigenvalue weighted by atomic mass is 35.5. The molecule has 0 saturated carbocycles. The van der Waals surface area contributed by atoms with Gasteiger partial charge in [0.25, 0.3) is 0 Å². The minimum atomic E-state index is -0.825. The van der Waals surface area contributed by atoms with Crippen LogP contribution in [0, 0.1) is 0 Å². The predicted molar refractivity (Wildman–Crippen MR) is 102 cm³/mol. The Kier molecular flexibility index (Phi) is 7.41. The summed E-state index contributed by atoms with van der Waals surface area (Å²) in [4.78, 5) is 14.1. The van der Waals surface area contributed by atoms with Gasteiger partial charge in [0.05, 0.1) is 5.02 Å². The van der Waals surface area contributed by atoms with Crippen molar-refractivity contribution in [2.45, 2.75) is 32.9 Å². The van der Waals surface area contributed by atoms with Crippen molar-refractivity contribution in [2.75, 3.05) is 11.4 Å². The van der Waals surface area contributed by atoms with Crippen LogP contribution < -0.4 is 9.64 Å². The lowest BCUT2D eigenvalue weighted by atomic mass is 10.2. The van der Waals surface area contributed by atoms with Gasteiger partial charge in [-0.05, 0) is 37.6 Å². The van der Waals surface area contributed by atoms with Crippen LogP contribution in [0.4, 0.5) is 10.5 Å². The first-order valence-corrected chi connectivity index (χ1v) is 8.92. The van der Waals surface area contributed by atoms with Crippen molar-refractivity contribution >= 4 is 35.0 Å². The second-order valence-electron chi connectivity index (χ2n) is 5.53. The van der Waals surface area contributed by atoms with Gasteiger partial charge < -0.3 is 14.4 Å². The van der Waals surface area contributed by atoms with Crippen LogP contribution in [-0.4, -0.2) is 18.9 Å². The van der Waals surface area contributed by atoms with E-state index in [1.807, 2.05) is 42.2 Å². The molecule has 0 aliphatic carbocycles. The molecule has 134 valence electrons. The molecule has 0 aromatic heterocycles. The number of ether oxygens (including phenoxy) is 2. The largest absolute Gasteiger partial charge is 0.515 e. The van der Waals surface area contributed by atoms with Gasteiger partial charge in [0, 0.05) is 23.3 Å². The topological polar surface area (TPSA) is 38.8 Å². The number of rotatable bonds is 7. The van der Waals surface area contributed by atoms with E-state index in [0.29, 0.717) is 10.0 Å². The van der Waals surface area contributed by atoms with Crippen LogP contribution in [0.15, 0.2) is 48.5 Å². The van der Waals surface area contributed by atoms with Gasteiger partial charge in [-0.15, -0.1) is 0 Å². The number of carbonyl (C=O) groups excluding carboxylic acids is 1. The van der Waals surface area contributed by atoms with Gasteiger partial charge in [-0.25, -0.2) is 4.79 Å². The third-order valence-corrected chi connectivity index (χ3v) is 4.18. The molecule has 0 radical (unpaired) electrons. The fourth-order valence-electron chi connectivity index (χ4n) is 2.34. The molecular weight excluding hydrogens is 361 g/mol. The normalized spacial score (nSPS) is 11.7. The molecule has 0 aliphatic rings. The fraction of sp³-hybridized carbons (Fsp3) is 0.316. The van der Waals surface area contributed by atoms with Gasteiger partial charge in [0.1, 0.15) is 0 Å². The molecule has 1 unspecified atom stereocenters. The average molecular weight is 382 g/mol. The van der Waals surface area contributed by atoms with Crippen molar-refractivity contribution in [3.63, 3.8) is 0 Å². The Morgan fingerprint density at radius 2 is 1.88 bits per heavy atom. The Hall–Kier alpha value is -1.91. The number of halogens is 2. The van der Waals surface area contributed by atoms with Gasteiger partial charge in [0.2, 0.25) is 0 Å². The molecule has 0 aliphatic heterocycles. The van der Waals surface area contributed by atoms with Crippen molar-refractivity contribution in [1.29, 1.82) is 0 Å². The number of benzene rings is 2. The molecule has 4 nitrogen and oxygen atoms in total. The second kappa shape index (κ2) is 9.54. The van der Waals surface area contributed by atoms with E-state index in [4.69, 9.17) is 32.7 Å². The summed E-state index contributed by atoms with van der Waals surface area (Å²) in [6.07, 6.45) is 0.713. The number of anilines is 1. The van der Waals surface area contributed by atoms with E-state index in [1.165, 1.54) is 6.07 Å². The summed E-state index contributed by atoms with van der Waals surface area (Å²) in [7, 11) is 0. The van der Waals surface area contributed by atoms with Crippen LogP contribution in [-0.2, 0) is 4.74 Å². The van der Waals surface area contributed by atoms with Crippen LogP contribution in [0.5, 0.6) is 5.75 Å². The summed E-state index contributed by atoms with van der Waals surface area (Å²) < 4.78 is 10.6. The molecule has 2 aromatic carbocycles. The van der Waals surface area contributed by atoms with Crippen LogP contribution in [0.25, 0.3) is 0 Å². The Balaban J connectivity index is 2.05. The highest BCUT2D eigenvalue weighted by Gasteiger charge is 2.20. The number of nitrogens with zero attached hydrogens (tertiary/aromatic N) is 1. The van der Waals surface area contributed by atoms with E-state index in [2.05, 4.69) is 6.92 Å². The van der Waals surface area contributed by atoms with Crippen molar-refractivity contribution in [3.8, 4) is 5.75 Å². The average Bonchev–Trinajstić information content (AvgIpc) is 2.59. The Morgan fingerprint density at radius 1 is 1.16 bits per heavy atom. The highest BCUT2D eigenvalue weighted by Crippen LogP contribution is 2.28. The lowest BCUT2D eigenvalue weighted by Crippen LogP contribution is -2.38. The molecule has 1 atom stereocenters. The Morgan fingerprint density at radius 3 is 2.56 bits per heavy atom.